The molecule has 0 bridgehead atoms. The molecule has 2 heteroatoms. The lowest BCUT2D eigenvalue weighted by Gasteiger charge is -2.16. The van der Waals surface area contributed by atoms with Gasteiger partial charge in [-0.15, -0.1) is 0 Å². The highest BCUT2D eigenvalue weighted by atomic mass is 16.4. The Bertz CT molecular complexity index is 444. The second kappa shape index (κ2) is 4.52. The van der Waals surface area contributed by atoms with Crippen molar-refractivity contribution >= 4 is 11.5 Å². The number of carbonyl (C=O) groups is 1. The zero-order chi connectivity index (χ0) is 11.5. The van der Waals surface area contributed by atoms with E-state index in [0.717, 1.165) is 24.0 Å². The first-order valence-corrected chi connectivity index (χ1v) is 5.70. The quantitative estimate of drug-likeness (QED) is 0.771. The third-order valence-corrected chi connectivity index (χ3v) is 3.14. The number of hydrogen-bond donors (Lipinski definition) is 1. The highest BCUT2D eigenvalue weighted by Gasteiger charge is 2.10. The van der Waals surface area contributed by atoms with Crippen LogP contribution >= 0.6 is 0 Å². The number of hydrogen-bond acceptors (Lipinski definition) is 1. The van der Waals surface area contributed by atoms with Crippen LogP contribution in [0, 0.1) is 0 Å². The van der Waals surface area contributed by atoms with Gasteiger partial charge in [0.15, 0.2) is 0 Å². The van der Waals surface area contributed by atoms with Crippen LogP contribution in [0.2, 0.25) is 0 Å². The number of allylic oxidation sites excluding steroid dienone is 1. The van der Waals surface area contributed by atoms with Gasteiger partial charge < -0.3 is 5.11 Å². The third kappa shape index (κ3) is 2.32. The number of fused-ring (bicyclic) bond motifs is 1. The first kappa shape index (κ1) is 10.9. The van der Waals surface area contributed by atoms with Gasteiger partial charge in [0.1, 0.15) is 0 Å². The second-order valence-corrected chi connectivity index (χ2v) is 4.36. The van der Waals surface area contributed by atoms with Gasteiger partial charge >= 0.3 is 5.97 Å². The van der Waals surface area contributed by atoms with E-state index in [1.54, 1.807) is 0 Å². The molecule has 1 aliphatic rings. The number of carboxylic acid groups (broad SMARTS) is 1. The highest BCUT2D eigenvalue weighted by Crippen LogP contribution is 2.25. The average molecular weight is 216 g/mol. The van der Waals surface area contributed by atoms with Gasteiger partial charge in [-0.2, -0.15) is 0 Å². The lowest BCUT2D eigenvalue weighted by Crippen LogP contribution is -2.03. The number of carboxylic acids is 1. The van der Waals surface area contributed by atoms with Crippen LogP contribution in [0.25, 0.3) is 5.57 Å². The molecule has 0 amide bonds. The molecule has 1 N–H and O–H groups in total. The second-order valence-electron chi connectivity index (χ2n) is 4.36. The summed E-state index contributed by atoms with van der Waals surface area (Å²) in [5, 5.41) is 8.71. The van der Waals surface area contributed by atoms with Gasteiger partial charge in [-0.25, -0.2) is 4.79 Å². The Balaban J connectivity index is 2.33. The number of aryl methyl sites for hydroxylation is 2. The predicted molar refractivity (Wildman–Crippen MR) is 64.4 cm³/mol. The summed E-state index contributed by atoms with van der Waals surface area (Å²) in [6.07, 6.45) is 6.08. The highest BCUT2D eigenvalue weighted by molar-refractivity contribution is 5.89. The summed E-state index contributed by atoms with van der Waals surface area (Å²) in [6, 6.07) is 6.31. The Kier molecular flexibility index (Phi) is 3.09. The fraction of sp³-hybridized carbons (Fsp3) is 0.357. The molecule has 0 radical (unpaired) electrons. The molecule has 0 fully saturated rings. The van der Waals surface area contributed by atoms with Crippen molar-refractivity contribution in [2.45, 2.75) is 32.6 Å². The summed E-state index contributed by atoms with van der Waals surface area (Å²) in [5.74, 6) is -0.879. The molecule has 0 saturated carbocycles. The van der Waals surface area contributed by atoms with Gasteiger partial charge in [0, 0.05) is 6.08 Å². The van der Waals surface area contributed by atoms with Crippen LogP contribution in [0.4, 0.5) is 0 Å². The zero-order valence-corrected chi connectivity index (χ0v) is 9.49. The van der Waals surface area contributed by atoms with Crippen molar-refractivity contribution in [1.82, 2.24) is 0 Å². The largest absolute Gasteiger partial charge is 0.478 e. The number of benzene rings is 1. The van der Waals surface area contributed by atoms with Crippen LogP contribution in [-0.4, -0.2) is 11.1 Å². The lowest BCUT2D eigenvalue weighted by atomic mass is 9.89. The Hall–Kier alpha value is -1.57. The van der Waals surface area contributed by atoms with Crippen LogP contribution in [-0.2, 0) is 17.6 Å². The molecule has 0 atom stereocenters. The SMILES string of the molecule is C/C(=C/C(=O)O)c1ccc2c(c1)CCCC2. The van der Waals surface area contributed by atoms with Crippen LogP contribution in [0.5, 0.6) is 0 Å². The smallest absolute Gasteiger partial charge is 0.328 e. The fourth-order valence-electron chi connectivity index (χ4n) is 2.25. The van der Waals surface area contributed by atoms with E-state index in [1.807, 2.05) is 13.0 Å². The molecule has 2 nitrogen and oxygen atoms in total. The van der Waals surface area contributed by atoms with Crippen molar-refractivity contribution < 1.29 is 9.90 Å². The third-order valence-electron chi connectivity index (χ3n) is 3.14. The minimum Gasteiger partial charge on any atom is -0.478 e. The molecule has 1 aromatic carbocycles. The Labute approximate surface area is 95.6 Å². The standard InChI is InChI=1S/C14H16O2/c1-10(8-14(15)16)12-7-6-11-4-2-3-5-13(11)9-12/h6-9H,2-5H2,1H3,(H,15,16)/b10-8-. The summed E-state index contributed by atoms with van der Waals surface area (Å²) >= 11 is 0. The van der Waals surface area contributed by atoms with E-state index in [0.29, 0.717) is 0 Å². The summed E-state index contributed by atoms with van der Waals surface area (Å²) in [4.78, 5) is 10.6. The summed E-state index contributed by atoms with van der Waals surface area (Å²) in [6.45, 7) is 1.85. The maximum absolute atomic E-state index is 10.6. The predicted octanol–water partition coefficient (Wildman–Crippen LogP) is 3.05. The van der Waals surface area contributed by atoms with Crippen molar-refractivity contribution in [3.8, 4) is 0 Å². The molecule has 0 unspecified atom stereocenters. The number of aliphatic carboxylic acids is 1. The normalized spacial score (nSPS) is 15.7. The summed E-state index contributed by atoms with van der Waals surface area (Å²) in [7, 11) is 0. The summed E-state index contributed by atoms with van der Waals surface area (Å²) in [5.41, 5.74) is 4.67. The van der Waals surface area contributed by atoms with Crippen molar-refractivity contribution in [2.75, 3.05) is 0 Å². The molecule has 0 aromatic heterocycles. The molecular formula is C14H16O2. The lowest BCUT2D eigenvalue weighted by molar-refractivity contribution is -0.131. The van der Waals surface area contributed by atoms with Crippen molar-refractivity contribution in [3.05, 3.63) is 41.0 Å². The molecule has 1 aromatic rings. The molecule has 0 saturated heterocycles. The van der Waals surface area contributed by atoms with E-state index in [2.05, 4.69) is 12.1 Å². The maximum Gasteiger partial charge on any atom is 0.328 e. The van der Waals surface area contributed by atoms with E-state index in [1.165, 1.54) is 30.0 Å². The van der Waals surface area contributed by atoms with Crippen molar-refractivity contribution in [2.24, 2.45) is 0 Å². The zero-order valence-electron chi connectivity index (χ0n) is 9.49. The molecule has 0 spiro atoms. The Morgan fingerprint density at radius 2 is 1.94 bits per heavy atom. The molecule has 16 heavy (non-hydrogen) atoms. The van der Waals surface area contributed by atoms with E-state index in [9.17, 15) is 4.79 Å². The van der Waals surface area contributed by atoms with E-state index in [-0.39, 0.29) is 0 Å². The first-order chi connectivity index (χ1) is 7.66. The van der Waals surface area contributed by atoms with Crippen LogP contribution in [0.1, 0.15) is 36.5 Å². The van der Waals surface area contributed by atoms with Crippen molar-refractivity contribution in [3.63, 3.8) is 0 Å². The molecule has 1 aliphatic carbocycles. The van der Waals surface area contributed by atoms with Gasteiger partial charge in [-0.1, -0.05) is 18.2 Å². The van der Waals surface area contributed by atoms with E-state index < -0.39 is 5.97 Å². The van der Waals surface area contributed by atoms with Crippen LogP contribution in [0.3, 0.4) is 0 Å². The van der Waals surface area contributed by atoms with Gasteiger partial charge in [0.25, 0.3) is 0 Å². The van der Waals surface area contributed by atoms with E-state index in [4.69, 9.17) is 5.11 Å². The van der Waals surface area contributed by atoms with Gasteiger partial charge in [-0.05, 0) is 54.9 Å². The van der Waals surface area contributed by atoms with Gasteiger partial charge in [0.05, 0.1) is 0 Å². The Morgan fingerprint density at radius 1 is 1.25 bits per heavy atom. The van der Waals surface area contributed by atoms with Crippen LogP contribution < -0.4 is 0 Å². The summed E-state index contributed by atoms with van der Waals surface area (Å²) < 4.78 is 0. The van der Waals surface area contributed by atoms with Gasteiger partial charge in [0.2, 0.25) is 0 Å². The molecular weight excluding hydrogens is 200 g/mol. The minimum atomic E-state index is -0.879. The molecule has 84 valence electrons. The topological polar surface area (TPSA) is 37.3 Å². The molecule has 2 rings (SSSR count). The minimum absolute atomic E-state index is 0.820. The first-order valence-electron chi connectivity index (χ1n) is 5.70. The molecule has 0 heterocycles. The maximum atomic E-state index is 10.6. The monoisotopic (exact) mass is 216 g/mol. The number of rotatable bonds is 2. The average Bonchev–Trinajstić information content (AvgIpc) is 2.27. The van der Waals surface area contributed by atoms with Crippen molar-refractivity contribution in [1.29, 1.82) is 0 Å². The van der Waals surface area contributed by atoms with Gasteiger partial charge in [-0.3, -0.25) is 0 Å². The Morgan fingerprint density at radius 3 is 2.62 bits per heavy atom. The molecule has 0 aliphatic heterocycles. The van der Waals surface area contributed by atoms with E-state index >= 15 is 0 Å². The van der Waals surface area contributed by atoms with Crippen LogP contribution in [0.15, 0.2) is 24.3 Å². The fourth-order valence-corrected chi connectivity index (χ4v) is 2.25.